The average Bonchev–Trinajstić information content (AvgIpc) is 2.37. The highest BCUT2D eigenvalue weighted by Crippen LogP contribution is 2.15. The van der Waals surface area contributed by atoms with Crippen molar-refractivity contribution < 1.29 is 9.47 Å². The molecule has 1 atom stereocenters. The molecule has 0 aliphatic carbocycles. The summed E-state index contributed by atoms with van der Waals surface area (Å²) in [4.78, 5) is 4.71. The number of nitrogens with zero attached hydrogens (tertiary/aromatic N) is 1. The highest BCUT2D eigenvalue weighted by Gasteiger charge is 2.19. The Morgan fingerprint density at radius 2 is 2.17 bits per heavy atom. The monoisotopic (exact) mass is 265 g/mol. The van der Waals surface area contributed by atoms with Gasteiger partial charge in [-0.1, -0.05) is 25.7 Å². The van der Waals surface area contributed by atoms with Crippen molar-refractivity contribution in [2.24, 2.45) is 0 Å². The van der Waals surface area contributed by atoms with Crippen molar-refractivity contribution in [3.63, 3.8) is 0 Å². The van der Waals surface area contributed by atoms with Crippen molar-refractivity contribution in [3.8, 4) is 0 Å². The molecule has 1 aliphatic heterocycles. The maximum absolute atomic E-state index is 5.77. The zero-order valence-corrected chi connectivity index (χ0v) is 12.6. The third-order valence-corrected chi connectivity index (χ3v) is 4.95. The number of hydrogen-bond donors (Lipinski definition) is 0. The molecular formula is C14H23NO2Si. The van der Waals surface area contributed by atoms with Gasteiger partial charge >= 0.3 is 0 Å². The highest BCUT2D eigenvalue weighted by molar-refractivity contribution is 6.88. The Morgan fingerprint density at radius 1 is 1.33 bits per heavy atom. The number of rotatable bonds is 4. The highest BCUT2D eigenvalue weighted by atomic mass is 28.3. The Bertz CT molecular complexity index is 384. The van der Waals surface area contributed by atoms with Gasteiger partial charge in [-0.3, -0.25) is 4.98 Å². The van der Waals surface area contributed by atoms with Crippen LogP contribution in [0.1, 0.15) is 25.0 Å². The minimum atomic E-state index is -1.33. The lowest BCUT2D eigenvalue weighted by molar-refractivity contribution is -0.169. The van der Waals surface area contributed by atoms with Crippen LogP contribution in [-0.4, -0.2) is 26.0 Å². The van der Waals surface area contributed by atoms with Crippen LogP contribution in [0.5, 0.6) is 0 Å². The molecule has 2 heterocycles. The Balaban J connectivity index is 1.92. The summed E-state index contributed by atoms with van der Waals surface area (Å²) in [5.41, 5.74) is 1.02. The van der Waals surface area contributed by atoms with Gasteiger partial charge in [-0.05, 0) is 31.4 Å². The Labute approximate surface area is 111 Å². The summed E-state index contributed by atoms with van der Waals surface area (Å²) in [6, 6.07) is 6.25. The van der Waals surface area contributed by atoms with Gasteiger partial charge in [0.2, 0.25) is 0 Å². The molecule has 1 aromatic heterocycles. The molecule has 100 valence electrons. The number of hydrogen-bond acceptors (Lipinski definition) is 3. The van der Waals surface area contributed by atoms with Gasteiger partial charge in [0.1, 0.15) is 8.07 Å². The minimum Gasteiger partial charge on any atom is -0.353 e. The van der Waals surface area contributed by atoms with Crippen LogP contribution in [0.15, 0.2) is 18.2 Å². The van der Waals surface area contributed by atoms with E-state index in [4.69, 9.17) is 14.5 Å². The smallest absolute Gasteiger partial charge is 0.158 e. The number of pyridine rings is 1. The summed E-state index contributed by atoms with van der Waals surface area (Å²) in [5, 5.41) is 1.24. The average molecular weight is 265 g/mol. The molecule has 4 heteroatoms. The van der Waals surface area contributed by atoms with E-state index in [1.165, 1.54) is 11.7 Å². The SMILES string of the molecule is C[Si](C)(C)c1cccc(COC2CCCCO2)n1. The quantitative estimate of drug-likeness (QED) is 0.784. The van der Waals surface area contributed by atoms with Crippen molar-refractivity contribution in [3.05, 3.63) is 23.9 Å². The Morgan fingerprint density at radius 3 is 2.83 bits per heavy atom. The van der Waals surface area contributed by atoms with Crippen molar-refractivity contribution in [2.75, 3.05) is 6.61 Å². The van der Waals surface area contributed by atoms with Crippen molar-refractivity contribution in [2.45, 2.75) is 51.8 Å². The summed E-state index contributed by atoms with van der Waals surface area (Å²) in [6.45, 7) is 8.31. The van der Waals surface area contributed by atoms with Crippen LogP contribution in [0.4, 0.5) is 0 Å². The maximum Gasteiger partial charge on any atom is 0.158 e. The molecule has 1 fully saturated rings. The predicted octanol–water partition coefficient (Wildman–Crippen LogP) is 2.67. The lowest BCUT2D eigenvalue weighted by Crippen LogP contribution is -2.40. The van der Waals surface area contributed by atoms with Crippen molar-refractivity contribution in [1.29, 1.82) is 0 Å². The topological polar surface area (TPSA) is 31.4 Å². The van der Waals surface area contributed by atoms with Gasteiger partial charge in [0.25, 0.3) is 0 Å². The van der Waals surface area contributed by atoms with Gasteiger partial charge in [-0.15, -0.1) is 0 Å². The zero-order chi connectivity index (χ0) is 13.0. The Kier molecular flexibility index (Phi) is 4.53. The van der Waals surface area contributed by atoms with Crippen LogP contribution in [0.2, 0.25) is 19.6 Å². The second-order valence-electron chi connectivity index (χ2n) is 5.87. The standard InChI is InChI=1S/C14H23NO2Si/c1-18(2,3)13-8-6-7-12(15-13)11-17-14-9-4-5-10-16-14/h6-8,14H,4-5,9-11H2,1-3H3. The molecule has 1 aliphatic rings. The van der Waals surface area contributed by atoms with Gasteiger partial charge in [0, 0.05) is 11.9 Å². The van der Waals surface area contributed by atoms with Crippen LogP contribution in [0.25, 0.3) is 0 Å². The van der Waals surface area contributed by atoms with E-state index in [1.807, 2.05) is 6.07 Å². The summed E-state index contributed by atoms with van der Waals surface area (Å²) in [5.74, 6) is 0. The fourth-order valence-corrected chi connectivity index (χ4v) is 3.07. The van der Waals surface area contributed by atoms with E-state index in [9.17, 15) is 0 Å². The second kappa shape index (κ2) is 5.95. The molecule has 1 unspecified atom stereocenters. The van der Waals surface area contributed by atoms with Gasteiger partial charge < -0.3 is 9.47 Å². The molecule has 3 nitrogen and oxygen atoms in total. The predicted molar refractivity (Wildman–Crippen MR) is 75.6 cm³/mol. The first kappa shape index (κ1) is 13.7. The van der Waals surface area contributed by atoms with Crippen LogP contribution in [-0.2, 0) is 16.1 Å². The van der Waals surface area contributed by atoms with Gasteiger partial charge in [0.15, 0.2) is 6.29 Å². The molecule has 0 spiro atoms. The van der Waals surface area contributed by atoms with E-state index in [1.54, 1.807) is 0 Å². The summed E-state index contributed by atoms with van der Waals surface area (Å²) < 4.78 is 11.3. The fraction of sp³-hybridized carbons (Fsp3) is 0.643. The zero-order valence-electron chi connectivity index (χ0n) is 11.6. The number of ether oxygens (including phenoxy) is 2. The number of aromatic nitrogens is 1. The van der Waals surface area contributed by atoms with E-state index in [0.717, 1.165) is 25.1 Å². The molecule has 0 saturated carbocycles. The van der Waals surface area contributed by atoms with Gasteiger partial charge in [-0.2, -0.15) is 0 Å². The third-order valence-electron chi connectivity index (χ3n) is 3.13. The first-order valence-corrected chi connectivity index (χ1v) is 10.3. The van der Waals surface area contributed by atoms with E-state index >= 15 is 0 Å². The van der Waals surface area contributed by atoms with E-state index in [-0.39, 0.29) is 6.29 Å². The summed E-state index contributed by atoms with van der Waals surface area (Å²) in [7, 11) is -1.33. The van der Waals surface area contributed by atoms with Gasteiger partial charge in [-0.25, -0.2) is 0 Å². The molecule has 1 aromatic rings. The van der Waals surface area contributed by atoms with Crippen molar-refractivity contribution in [1.82, 2.24) is 4.98 Å². The summed E-state index contributed by atoms with van der Waals surface area (Å²) in [6.07, 6.45) is 3.33. The first-order valence-electron chi connectivity index (χ1n) is 6.75. The van der Waals surface area contributed by atoms with E-state index in [2.05, 4.69) is 31.8 Å². The Hall–Kier alpha value is -0.713. The molecule has 1 saturated heterocycles. The molecule has 18 heavy (non-hydrogen) atoms. The molecule has 0 amide bonds. The minimum absolute atomic E-state index is 0.0314. The van der Waals surface area contributed by atoms with Crippen LogP contribution in [0.3, 0.4) is 0 Å². The second-order valence-corrected chi connectivity index (χ2v) is 10.9. The van der Waals surface area contributed by atoms with E-state index < -0.39 is 8.07 Å². The first-order chi connectivity index (χ1) is 8.55. The summed E-state index contributed by atoms with van der Waals surface area (Å²) >= 11 is 0. The van der Waals surface area contributed by atoms with Crippen LogP contribution in [0, 0.1) is 0 Å². The van der Waals surface area contributed by atoms with E-state index in [0.29, 0.717) is 6.61 Å². The molecular weight excluding hydrogens is 242 g/mol. The molecule has 0 aromatic carbocycles. The van der Waals surface area contributed by atoms with Gasteiger partial charge in [0.05, 0.1) is 12.3 Å². The lowest BCUT2D eigenvalue weighted by atomic mass is 10.2. The largest absolute Gasteiger partial charge is 0.353 e. The maximum atomic E-state index is 5.77. The molecule has 0 bridgehead atoms. The van der Waals surface area contributed by atoms with Crippen LogP contribution >= 0.6 is 0 Å². The van der Waals surface area contributed by atoms with Crippen LogP contribution < -0.4 is 5.32 Å². The normalized spacial score (nSPS) is 20.9. The third kappa shape index (κ3) is 3.90. The molecule has 2 rings (SSSR count). The fourth-order valence-electron chi connectivity index (χ4n) is 2.00. The molecule has 0 N–H and O–H groups in total. The molecule has 0 radical (unpaired) electrons. The lowest BCUT2D eigenvalue weighted by Gasteiger charge is -2.23. The van der Waals surface area contributed by atoms with Crippen molar-refractivity contribution >= 4 is 13.4 Å².